The van der Waals surface area contributed by atoms with Crippen LogP contribution in [0, 0.1) is 0 Å². The van der Waals surface area contributed by atoms with Crippen LogP contribution in [-0.4, -0.2) is 48.4 Å². The molecule has 2 aromatic carbocycles. The van der Waals surface area contributed by atoms with Gasteiger partial charge in [-0.2, -0.15) is 0 Å². The summed E-state index contributed by atoms with van der Waals surface area (Å²) in [4.78, 5) is 26.0. The van der Waals surface area contributed by atoms with Gasteiger partial charge >= 0.3 is 12.2 Å². The number of aliphatic hydroxyl groups excluding tert-OH is 1. The Bertz CT molecular complexity index is 1120. The van der Waals surface area contributed by atoms with E-state index in [1.54, 1.807) is 77.9 Å². The van der Waals surface area contributed by atoms with Gasteiger partial charge in [0.15, 0.2) is 0 Å². The summed E-state index contributed by atoms with van der Waals surface area (Å²) in [5, 5.41) is 10.6. The van der Waals surface area contributed by atoms with Crippen LogP contribution in [-0.2, 0) is 19.5 Å². The molecule has 10 heteroatoms. The van der Waals surface area contributed by atoms with E-state index in [0.29, 0.717) is 11.3 Å². The van der Waals surface area contributed by atoms with Gasteiger partial charge in [-0.1, -0.05) is 30.3 Å². The van der Waals surface area contributed by atoms with E-state index in [-0.39, 0.29) is 17.9 Å². The number of aliphatic hydroxyl groups is 1. The maximum absolute atomic E-state index is 12.7. The quantitative estimate of drug-likeness (QED) is 0.537. The fraction of sp³-hybridized carbons (Fsp3) is 0.440. The van der Waals surface area contributed by atoms with E-state index in [4.69, 9.17) is 9.47 Å². The highest BCUT2D eigenvalue weighted by molar-refractivity contribution is 7.92. The Morgan fingerprint density at radius 2 is 1.60 bits per heavy atom. The number of hydrogen-bond acceptors (Lipinski definition) is 7. The monoisotopic (exact) mass is 506 g/mol. The van der Waals surface area contributed by atoms with Gasteiger partial charge in [0.2, 0.25) is 0 Å². The van der Waals surface area contributed by atoms with E-state index in [2.05, 4.69) is 4.72 Å². The van der Waals surface area contributed by atoms with Crippen LogP contribution in [0.4, 0.5) is 15.3 Å². The van der Waals surface area contributed by atoms with Crippen molar-refractivity contribution in [3.63, 3.8) is 0 Å². The Kier molecular flexibility index (Phi) is 8.91. The molecular weight excluding hydrogens is 472 g/mol. The second-order valence-corrected chi connectivity index (χ2v) is 11.6. The third-order valence-corrected chi connectivity index (χ3v) is 6.00. The van der Waals surface area contributed by atoms with Gasteiger partial charge in [0.05, 0.1) is 17.6 Å². The molecule has 9 nitrogen and oxygen atoms in total. The van der Waals surface area contributed by atoms with E-state index in [1.807, 2.05) is 0 Å². The second-order valence-electron chi connectivity index (χ2n) is 9.95. The van der Waals surface area contributed by atoms with Gasteiger partial charge in [-0.15, -0.1) is 0 Å². The predicted molar refractivity (Wildman–Crippen MR) is 132 cm³/mol. The van der Waals surface area contributed by atoms with Crippen molar-refractivity contribution in [1.29, 1.82) is 0 Å². The number of para-hydroxylation sites is 1. The van der Waals surface area contributed by atoms with Crippen molar-refractivity contribution in [2.24, 2.45) is 0 Å². The molecule has 35 heavy (non-hydrogen) atoms. The smallest absolute Gasteiger partial charge is 0.420 e. The molecule has 2 N–H and O–H groups in total. The number of benzene rings is 2. The molecule has 0 aliphatic heterocycles. The minimum absolute atomic E-state index is 0.00629. The Hall–Kier alpha value is -3.11. The lowest BCUT2D eigenvalue weighted by Gasteiger charge is -2.34. The number of amides is 2. The lowest BCUT2D eigenvalue weighted by atomic mass is 10.1. The maximum Gasteiger partial charge on any atom is 0.420 e. The zero-order chi connectivity index (χ0) is 26.4. The average molecular weight is 507 g/mol. The minimum Gasteiger partial charge on any atom is -0.449 e. The number of imide groups is 1. The fourth-order valence-electron chi connectivity index (χ4n) is 3.03. The molecule has 0 aliphatic rings. The van der Waals surface area contributed by atoms with Crippen molar-refractivity contribution < 1.29 is 32.6 Å². The standard InChI is InChI=1S/C25H34N2O7S/c1-24(2,3)27(23(30)34-25(4,5)6)22(29)33-16-15-21(28)18-11-10-14-20(17-18)35(31,32)26-19-12-8-7-9-13-19/h7-14,17,21,26,28H,15-16H2,1-6H3. The molecule has 0 radical (unpaired) electrons. The number of sulfonamides is 1. The largest absolute Gasteiger partial charge is 0.449 e. The lowest BCUT2D eigenvalue weighted by molar-refractivity contribution is 0.00258. The van der Waals surface area contributed by atoms with Gasteiger partial charge in [0.25, 0.3) is 10.0 Å². The summed E-state index contributed by atoms with van der Waals surface area (Å²) >= 11 is 0. The van der Waals surface area contributed by atoms with Crippen molar-refractivity contribution in [3.8, 4) is 0 Å². The van der Waals surface area contributed by atoms with Gasteiger partial charge in [0.1, 0.15) is 5.60 Å². The van der Waals surface area contributed by atoms with E-state index < -0.39 is 39.5 Å². The minimum atomic E-state index is -3.86. The molecule has 2 rings (SSSR count). The number of ether oxygens (including phenoxy) is 2. The highest BCUT2D eigenvalue weighted by Gasteiger charge is 2.37. The van der Waals surface area contributed by atoms with E-state index in [0.717, 1.165) is 4.90 Å². The molecule has 0 fully saturated rings. The van der Waals surface area contributed by atoms with Gasteiger partial charge in [0, 0.05) is 17.6 Å². The van der Waals surface area contributed by atoms with Crippen LogP contribution in [0.3, 0.4) is 0 Å². The Balaban J connectivity index is 2.04. The summed E-state index contributed by atoms with van der Waals surface area (Å²) in [5.74, 6) is 0. The summed E-state index contributed by atoms with van der Waals surface area (Å²) in [7, 11) is -3.86. The third-order valence-electron chi connectivity index (χ3n) is 4.63. The summed E-state index contributed by atoms with van der Waals surface area (Å²) in [6.07, 6.45) is -2.84. The molecule has 0 aromatic heterocycles. The lowest BCUT2D eigenvalue weighted by Crippen LogP contribution is -2.51. The predicted octanol–water partition coefficient (Wildman–Crippen LogP) is 5.08. The normalized spacial score (nSPS) is 13.0. The SMILES string of the molecule is CC(C)(C)OC(=O)N(C(=O)OCCC(O)c1cccc(S(=O)(=O)Nc2ccccc2)c1)C(C)(C)C. The highest BCUT2D eigenvalue weighted by Crippen LogP contribution is 2.23. The second kappa shape index (κ2) is 11.1. The molecule has 0 saturated heterocycles. The van der Waals surface area contributed by atoms with Crippen LogP contribution in [0.1, 0.15) is 59.6 Å². The summed E-state index contributed by atoms with van der Waals surface area (Å²) < 4.78 is 38.4. The van der Waals surface area contributed by atoms with E-state index in [1.165, 1.54) is 18.2 Å². The summed E-state index contributed by atoms with van der Waals surface area (Å²) in [6.45, 7) is 9.88. The first-order valence-corrected chi connectivity index (χ1v) is 12.6. The zero-order valence-electron chi connectivity index (χ0n) is 20.9. The van der Waals surface area contributed by atoms with Crippen LogP contribution in [0.5, 0.6) is 0 Å². The molecule has 1 atom stereocenters. The van der Waals surface area contributed by atoms with Crippen molar-refractivity contribution in [2.75, 3.05) is 11.3 Å². The van der Waals surface area contributed by atoms with Crippen molar-refractivity contribution in [1.82, 2.24) is 4.90 Å². The van der Waals surface area contributed by atoms with Crippen LogP contribution < -0.4 is 4.72 Å². The van der Waals surface area contributed by atoms with Crippen molar-refractivity contribution in [2.45, 2.75) is 70.1 Å². The third kappa shape index (κ3) is 8.56. The number of rotatable bonds is 7. The first-order chi connectivity index (χ1) is 16.1. The molecule has 0 bridgehead atoms. The van der Waals surface area contributed by atoms with E-state index in [9.17, 15) is 23.1 Å². The average Bonchev–Trinajstić information content (AvgIpc) is 2.72. The molecule has 0 heterocycles. The Labute approximate surface area is 207 Å². The number of anilines is 1. The van der Waals surface area contributed by atoms with Crippen molar-refractivity contribution >= 4 is 27.9 Å². The first-order valence-electron chi connectivity index (χ1n) is 11.2. The van der Waals surface area contributed by atoms with Gasteiger partial charge in [-0.05, 0) is 71.4 Å². The highest BCUT2D eigenvalue weighted by atomic mass is 32.2. The molecule has 0 saturated carbocycles. The number of carbonyl (C=O) groups is 2. The molecule has 2 amide bonds. The molecule has 192 valence electrons. The molecule has 0 aliphatic carbocycles. The summed E-state index contributed by atoms with van der Waals surface area (Å²) in [6, 6.07) is 14.3. The Morgan fingerprint density at radius 1 is 0.971 bits per heavy atom. The summed E-state index contributed by atoms with van der Waals surface area (Å²) in [5.41, 5.74) is -0.930. The van der Waals surface area contributed by atoms with Gasteiger partial charge < -0.3 is 14.6 Å². The van der Waals surface area contributed by atoms with Crippen LogP contribution in [0.15, 0.2) is 59.5 Å². The van der Waals surface area contributed by atoms with E-state index >= 15 is 0 Å². The van der Waals surface area contributed by atoms with Gasteiger partial charge in [-0.25, -0.2) is 22.9 Å². The molecule has 0 spiro atoms. The van der Waals surface area contributed by atoms with Crippen LogP contribution in [0.2, 0.25) is 0 Å². The topological polar surface area (TPSA) is 122 Å². The molecule has 1 unspecified atom stereocenters. The number of nitrogens with zero attached hydrogens (tertiary/aromatic N) is 1. The fourth-order valence-corrected chi connectivity index (χ4v) is 4.14. The number of nitrogens with one attached hydrogen (secondary N) is 1. The zero-order valence-corrected chi connectivity index (χ0v) is 21.8. The number of carbonyl (C=O) groups excluding carboxylic acids is 2. The Morgan fingerprint density at radius 3 is 2.17 bits per heavy atom. The van der Waals surface area contributed by atoms with Crippen LogP contribution in [0.25, 0.3) is 0 Å². The first kappa shape index (κ1) is 28.1. The van der Waals surface area contributed by atoms with Crippen molar-refractivity contribution in [3.05, 3.63) is 60.2 Å². The van der Waals surface area contributed by atoms with Gasteiger partial charge in [-0.3, -0.25) is 4.72 Å². The molecular formula is C25H34N2O7S. The maximum atomic E-state index is 12.7. The molecule has 2 aromatic rings. The number of hydrogen-bond donors (Lipinski definition) is 2. The van der Waals surface area contributed by atoms with Crippen LogP contribution >= 0.6 is 0 Å².